The van der Waals surface area contributed by atoms with Gasteiger partial charge in [0.1, 0.15) is 0 Å². The largest absolute Gasteiger partial charge is 0.132 e. The van der Waals surface area contributed by atoms with Gasteiger partial charge in [0.2, 0.25) is 0 Å². The quantitative estimate of drug-likeness (QED) is 0.201. The molecule has 4 heteroatoms. The highest BCUT2D eigenvalue weighted by molar-refractivity contribution is 7.16. The maximum atomic E-state index is 7.56. The van der Waals surface area contributed by atoms with Crippen molar-refractivity contribution in [1.82, 2.24) is 0 Å². The molecule has 0 saturated heterocycles. The van der Waals surface area contributed by atoms with Crippen molar-refractivity contribution in [2.75, 3.05) is 6.26 Å². The molecule has 0 bridgehead atoms. The Kier molecular flexibility index (Phi) is 2.21. The summed E-state index contributed by atoms with van der Waals surface area (Å²) in [5, 5.41) is 2.94. The molecule has 0 aromatic heterocycles. The number of azide groups is 1. The number of nitrogens with zero attached hydrogens (tertiary/aromatic N) is 3. The van der Waals surface area contributed by atoms with Gasteiger partial charge in [0.05, 0.1) is 0 Å². The van der Waals surface area contributed by atoms with Gasteiger partial charge in [-0.2, -0.15) is 0 Å². The summed E-state index contributed by atoms with van der Waals surface area (Å²) in [6.07, 6.45) is -0.727. The van der Waals surface area contributed by atoms with Gasteiger partial charge in [-0.05, 0) is 5.53 Å². The van der Waals surface area contributed by atoms with Crippen molar-refractivity contribution in [3.63, 3.8) is 0 Å². The highest BCUT2D eigenvalue weighted by Gasteiger charge is 1.51. The van der Waals surface area contributed by atoms with Gasteiger partial charge < -0.3 is 0 Å². The molecule has 0 aromatic carbocycles. The first-order valence-electron chi connectivity index (χ1n) is 1.57. The Morgan fingerprint density at radius 1 is 2.40 bits per heavy atom. The molecule has 0 radical (unpaired) electrons. The standard InChI is InChI=1S/CH4N3P/c2-4-3-1-5/h1,5H2/i1T. The van der Waals surface area contributed by atoms with Crippen LogP contribution in [-0.4, -0.2) is 6.26 Å². The van der Waals surface area contributed by atoms with Gasteiger partial charge in [-0.3, -0.25) is 0 Å². The van der Waals surface area contributed by atoms with E-state index in [9.17, 15) is 0 Å². The molecule has 0 saturated carbocycles. The Hall–Kier alpha value is -0.260. The van der Waals surface area contributed by atoms with Crippen molar-refractivity contribution >= 4 is 9.24 Å². The Morgan fingerprint density at radius 3 is 3.00 bits per heavy atom. The molecule has 0 rings (SSSR count). The summed E-state index contributed by atoms with van der Waals surface area (Å²) in [5.74, 6) is 0. The van der Waals surface area contributed by atoms with E-state index in [-0.39, 0.29) is 0 Å². The van der Waals surface area contributed by atoms with Crippen LogP contribution >= 0.6 is 9.24 Å². The van der Waals surface area contributed by atoms with E-state index < -0.39 is 6.26 Å². The molecule has 0 heterocycles. The molecule has 0 aliphatic carbocycles. The summed E-state index contributed by atoms with van der Waals surface area (Å²) in [7, 11) is 2.02. The molecule has 0 aliphatic rings. The topological polar surface area (TPSA) is 48.8 Å². The normalized spacial score (nSPS) is 15.0. The maximum absolute atomic E-state index is 7.56. The second-order valence-electron chi connectivity index (χ2n) is 0.354. The van der Waals surface area contributed by atoms with Crippen LogP contribution in [0.2, 0.25) is 0 Å². The van der Waals surface area contributed by atoms with Crippen molar-refractivity contribution in [1.29, 1.82) is 0 Å². The van der Waals surface area contributed by atoms with Crippen molar-refractivity contribution in [3.05, 3.63) is 10.4 Å². The SMILES string of the molecule is [3H]C(P)N=[N+]=[N-]. The summed E-state index contributed by atoms with van der Waals surface area (Å²) in [6.45, 7) is 0. The second kappa shape index (κ2) is 3.74. The first-order valence-corrected chi connectivity index (χ1v) is 1.66. The molecular weight excluding hydrogens is 85.0 g/mol. The highest BCUT2D eigenvalue weighted by Crippen LogP contribution is 1.77. The first kappa shape index (κ1) is 2.95. The predicted molar refractivity (Wildman–Crippen MR) is 23.7 cm³/mol. The number of hydrogen-bond donors (Lipinski definition) is 0. The van der Waals surface area contributed by atoms with E-state index in [4.69, 9.17) is 6.90 Å². The molecule has 0 spiro atoms. The van der Waals surface area contributed by atoms with Crippen LogP contribution in [0.3, 0.4) is 0 Å². The van der Waals surface area contributed by atoms with E-state index in [1.54, 1.807) is 0 Å². The Labute approximate surface area is 33.6 Å². The Bertz CT molecular complexity index is 74.9. The van der Waals surface area contributed by atoms with Crippen molar-refractivity contribution < 1.29 is 1.37 Å². The highest BCUT2D eigenvalue weighted by atomic mass is 31.0. The molecule has 0 aliphatic heterocycles. The van der Waals surface area contributed by atoms with Crippen LogP contribution in [-0.2, 0) is 0 Å². The van der Waals surface area contributed by atoms with Crippen LogP contribution in [0, 0.1) is 0 Å². The fourth-order valence-electron chi connectivity index (χ4n) is 0.0298. The zero-order valence-electron chi connectivity index (χ0n) is 3.50. The van der Waals surface area contributed by atoms with E-state index in [1.807, 2.05) is 9.24 Å². The molecule has 0 fully saturated rings. The summed E-state index contributed by atoms with van der Waals surface area (Å²) in [5.41, 5.74) is 7.56. The fraction of sp³-hybridized carbons (Fsp3) is 1.00. The lowest BCUT2D eigenvalue weighted by Crippen LogP contribution is -1.43. The number of rotatable bonds is 1. The minimum absolute atomic E-state index is 0.727. The second-order valence-corrected chi connectivity index (χ2v) is 0.652. The van der Waals surface area contributed by atoms with Crippen molar-refractivity contribution in [2.45, 2.75) is 0 Å². The molecular formula is CH4N3P. The van der Waals surface area contributed by atoms with Gasteiger partial charge >= 0.3 is 0 Å². The molecule has 5 heavy (non-hydrogen) atoms. The lowest BCUT2D eigenvalue weighted by molar-refractivity contribution is 1.34. The third kappa shape index (κ3) is 3.74. The van der Waals surface area contributed by atoms with Crippen molar-refractivity contribution in [3.8, 4) is 0 Å². The van der Waals surface area contributed by atoms with Crippen molar-refractivity contribution in [2.24, 2.45) is 5.11 Å². The van der Waals surface area contributed by atoms with E-state index in [2.05, 4.69) is 10.0 Å². The summed E-state index contributed by atoms with van der Waals surface area (Å²) < 4.78 is 6.52. The zero-order valence-corrected chi connectivity index (χ0v) is 3.65. The molecule has 28 valence electrons. The summed E-state index contributed by atoms with van der Waals surface area (Å²) in [4.78, 5) is 2.35. The van der Waals surface area contributed by atoms with Gasteiger partial charge in [-0.25, -0.2) is 0 Å². The van der Waals surface area contributed by atoms with E-state index in [0.717, 1.165) is 0 Å². The smallest absolute Gasteiger partial charge is 0.0407 e. The van der Waals surface area contributed by atoms with Crippen LogP contribution in [0.5, 0.6) is 0 Å². The van der Waals surface area contributed by atoms with E-state index >= 15 is 0 Å². The number of hydrogen-bond acceptors (Lipinski definition) is 1. The Morgan fingerprint density at radius 2 is 3.00 bits per heavy atom. The average Bonchev–Trinajstić information content (AvgIpc) is 1.35. The van der Waals surface area contributed by atoms with Crippen LogP contribution < -0.4 is 0 Å². The van der Waals surface area contributed by atoms with Gasteiger partial charge in [-0.1, -0.05) is 5.11 Å². The monoisotopic (exact) mass is 91.0 g/mol. The van der Waals surface area contributed by atoms with Crippen LogP contribution in [0.1, 0.15) is 1.37 Å². The third-order valence-corrected chi connectivity index (χ3v) is 0.252. The van der Waals surface area contributed by atoms with Crippen LogP contribution in [0.25, 0.3) is 10.4 Å². The van der Waals surface area contributed by atoms with Gasteiger partial charge in [0.25, 0.3) is 0 Å². The first-order chi connectivity index (χ1) is 2.77. The van der Waals surface area contributed by atoms with E-state index in [1.165, 1.54) is 0 Å². The minimum Gasteiger partial charge on any atom is -0.132 e. The summed E-state index contributed by atoms with van der Waals surface area (Å²) >= 11 is 0. The van der Waals surface area contributed by atoms with Gasteiger partial charge in [-0.15, -0.1) is 9.24 Å². The molecule has 0 amide bonds. The third-order valence-electron chi connectivity index (χ3n) is 0.118. The van der Waals surface area contributed by atoms with Crippen LogP contribution in [0.15, 0.2) is 5.11 Å². The average molecular weight is 91.0 g/mol. The maximum Gasteiger partial charge on any atom is 0.0407 e. The zero-order chi connectivity index (χ0) is 4.99. The lowest BCUT2D eigenvalue weighted by atomic mass is 11.5. The lowest BCUT2D eigenvalue weighted by Gasteiger charge is -1.57. The molecule has 0 N–H and O–H groups in total. The van der Waals surface area contributed by atoms with E-state index in [0.29, 0.717) is 0 Å². The Balaban J connectivity index is 3.29. The minimum atomic E-state index is -0.727. The fourth-order valence-corrected chi connectivity index (χ4v) is 0.0894. The predicted octanol–water partition coefficient (Wildman–Crippen LogP) is 1.13. The molecule has 3 nitrogen and oxygen atoms in total. The molecule has 0 aromatic rings. The molecule has 2 atom stereocenters. The van der Waals surface area contributed by atoms with Gasteiger partial charge in [0.15, 0.2) is 0 Å². The van der Waals surface area contributed by atoms with Gasteiger partial charge in [0, 0.05) is 12.5 Å². The summed E-state index contributed by atoms with van der Waals surface area (Å²) in [6, 6.07) is 0. The van der Waals surface area contributed by atoms with Crippen LogP contribution in [0.4, 0.5) is 0 Å². The molecule has 2 unspecified atom stereocenters.